The normalized spacial score (nSPS) is 10.2. The molecular weight excluding hydrogens is 266 g/mol. The highest BCUT2D eigenvalue weighted by atomic mass is 16.5. The minimum atomic E-state index is -0.443. The Morgan fingerprint density at radius 1 is 1.14 bits per heavy atom. The lowest BCUT2D eigenvalue weighted by molar-refractivity contribution is 0.0468. The first kappa shape index (κ1) is 14.9. The van der Waals surface area contributed by atoms with E-state index in [-0.39, 0.29) is 6.61 Å². The fraction of sp³-hybridized carbons (Fsp3) is 0.235. The summed E-state index contributed by atoms with van der Waals surface area (Å²) >= 11 is 0. The summed E-state index contributed by atoms with van der Waals surface area (Å²) in [5.74, 6) is 0.0116. The van der Waals surface area contributed by atoms with Crippen LogP contribution in [0.15, 0.2) is 36.4 Å². The van der Waals surface area contributed by atoms with Crippen LogP contribution < -0.4 is 10.5 Å². The van der Waals surface area contributed by atoms with Crippen molar-refractivity contribution in [3.8, 4) is 5.75 Å². The molecule has 0 aromatic heterocycles. The molecule has 0 aliphatic heterocycles. The minimum absolute atomic E-state index is 0.231. The number of anilines is 1. The van der Waals surface area contributed by atoms with Gasteiger partial charge >= 0.3 is 5.97 Å². The Morgan fingerprint density at radius 2 is 1.81 bits per heavy atom. The highest BCUT2D eigenvalue weighted by Gasteiger charge is 2.15. The maximum absolute atomic E-state index is 12.2. The second kappa shape index (κ2) is 6.31. The highest BCUT2D eigenvalue weighted by Crippen LogP contribution is 2.23. The van der Waals surface area contributed by atoms with Gasteiger partial charge in [0.2, 0.25) is 0 Å². The summed E-state index contributed by atoms with van der Waals surface area (Å²) in [5.41, 5.74) is 9.76. The van der Waals surface area contributed by atoms with E-state index in [2.05, 4.69) is 0 Å². The van der Waals surface area contributed by atoms with Gasteiger partial charge in [0, 0.05) is 5.69 Å². The molecule has 2 N–H and O–H groups in total. The lowest BCUT2D eigenvalue weighted by atomic mass is 10.0. The predicted octanol–water partition coefficient (Wildman–Crippen LogP) is 3.25. The number of hydrogen-bond acceptors (Lipinski definition) is 4. The number of aryl methyl sites for hydroxylation is 2. The van der Waals surface area contributed by atoms with Crippen LogP contribution in [0.5, 0.6) is 5.75 Å². The third kappa shape index (κ3) is 3.34. The van der Waals surface area contributed by atoms with E-state index in [0.717, 1.165) is 16.7 Å². The molecule has 2 aromatic carbocycles. The van der Waals surface area contributed by atoms with Crippen LogP contribution in [0.2, 0.25) is 0 Å². The minimum Gasteiger partial charge on any atom is -0.496 e. The average molecular weight is 285 g/mol. The number of benzene rings is 2. The zero-order valence-electron chi connectivity index (χ0n) is 12.5. The monoisotopic (exact) mass is 285 g/mol. The molecule has 4 heteroatoms. The van der Waals surface area contributed by atoms with Crippen molar-refractivity contribution in [1.82, 2.24) is 0 Å². The summed E-state index contributed by atoms with van der Waals surface area (Å²) in [5, 5.41) is 0. The van der Waals surface area contributed by atoms with E-state index in [0.29, 0.717) is 17.0 Å². The number of nitrogens with two attached hydrogens (primary N) is 1. The highest BCUT2D eigenvalue weighted by molar-refractivity contribution is 5.93. The van der Waals surface area contributed by atoms with Gasteiger partial charge in [0.25, 0.3) is 0 Å². The first-order valence-corrected chi connectivity index (χ1v) is 6.68. The fourth-order valence-electron chi connectivity index (χ4n) is 2.18. The molecule has 2 rings (SSSR count). The van der Waals surface area contributed by atoms with Gasteiger partial charge < -0.3 is 15.2 Å². The molecule has 0 saturated heterocycles. The quantitative estimate of drug-likeness (QED) is 0.692. The summed E-state index contributed by atoms with van der Waals surface area (Å²) in [6, 6.07) is 10.9. The number of esters is 1. The molecule has 110 valence electrons. The van der Waals surface area contributed by atoms with Gasteiger partial charge in [0.1, 0.15) is 17.9 Å². The van der Waals surface area contributed by atoms with Crippen LogP contribution in [0.25, 0.3) is 0 Å². The van der Waals surface area contributed by atoms with Gasteiger partial charge in [-0.1, -0.05) is 18.2 Å². The zero-order valence-corrected chi connectivity index (χ0v) is 12.5. The number of methoxy groups -OCH3 is 1. The number of carbonyl (C=O) groups excluding carboxylic acids is 1. The van der Waals surface area contributed by atoms with Crippen molar-refractivity contribution in [2.45, 2.75) is 20.5 Å². The predicted molar refractivity (Wildman–Crippen MR) is 82.4 cm³/mol. The van der Waals surface area contributed by atoms with E-state index in [1.807, 2.05) is 32.0 Å². The fourth-order valence-corrected chi connectivity index (χ4v) is 2.18. The first-order valence-electron chi connectivity index (χ1n) is 6.68. The van der Waals surface area contributed by atoms with Gasteiger partial charge in [0.15, 0.2) is 0 Å². The van der Waals surface area contributed by atoms with Crippen molar-refractivity contribution in [3.05, 3.63) is 58.7 Å². The molecule has 4 nitrogen and oxygen atoms in total. The van der Waals surface area contributed by atoms with Crippen LogP contribution in [0.4, 0.5) is 5.69 Å². The molecule has 0 saturated carbocycles. The Morgan fingerprint density at radius 3 is 2.43 bits per heavy atom. The standard InChI is InChI=1S/C17H19NO3/c1-11-5-4-6-12(2)15(11)10-21-17(19)14-9-13(18)7-8-16(14)20-3/h4-9H,10,18H2,1-3H3. The Kier molecular flexibility index (Phi) is 4.48. The summed E-state index contributed by atoms with van der Waals surface area (Å²) in [6.45, 7) is 4.23. The second-order valence-electron chi connectivity index (χ2n) is 4.91. The molecule has 0 unspecified atom stereocenters. The zero-order chi connectivity index (χ0) is 15.4. The third-order valence-electron chi connectivity index (χ3n) is 3.44. The third-order valence-corrected chi connectivity index (χ3v) is 3.44. The molecule has 0 aliphatic carbocycles. The van der Waals surface area contributed by atoms with E-state index >= 15 is 0 Å². The first-order chi connectivity index (χ1) is 10.0. The molecule has 0 heterocycles. The Hall–Kier alpha value is -2.49. The number of hydrogen-bond donors (Lipinski definition) is 1. The summed E-state index contributed by atoms with van der Waals surface area (Å²) < 4.78 is 10.6. The number of nitrogen functional groups attached to an aromatic ring is 1. The summed E-state index contributed by atoms with van der Waals surface area (Å²) in [6.07, 6.45) is 0. The lowest BCUT2D eigenvalue weighted by Crippen LogP contribution is -2.09. The number of ether oxygens (including phenoxy) is 2. The second-order valence-corrected chi connectivity index (χ2v) is 4.91. The van der Waals surface area contributed by atoms with Gasteiger partial charge in [-0.05, 0) is 48.7 Å². The Balaban J connectivity index is 2.17. The average Bonchev–Trinajstić information content (AvgIpc) is 2.46. The summed E-state index contributed by atoms with van der Waals surface area (Å²) in [4.78, 5) is 12.2. The maximum atomic E-state index is 12.2. The van der Waals surface area contributed by atoms with Crippen LogP contribution in [-0.2, 0) is 11.3 Å². The largest absolute Gasteiger partial charge is 0.496 e. The molecule has 0 spiro atoms. The van der Waals surface area contributed by atoms with Crippen molar-refractivity contribution in [2.24, 2.45) is 0 Å². The van der Waals surface area contributed by atoms with Crippen molar-refractivity contribution < 1.29 is 14.3 Å². The molecule has 0 amide bonds. The van der Waals surface area contributed by atoms with E-state index < -0.39 is 5.97 Å². The van der Waals surface area contributed by atoms with Gasteiger partial charge in [0.05, 0.1) is 7.11 Å². The molecule has 0 fully saturated rings. The van der Waals surface area contributed by atoms with Crippen LogP contribution in [0.3, 0.4) is 0 Å². The Labute approximate surface area is 124 Å². The van der Waals surface area contributed by atoms with E-state index in [9.17, 15) is 4.79 Å². The molecule has 21 heavy (non-hydrogen) atoms. The summed E-state index contributed by atoms with van der Waals surface area (Å²) in [7, 11) is 1.51. The van der Waals surface area contributed by atoms with Gasteiger partial charge in [-0.2, -0.15) is 0 Å². The van der Waals surface area contributed by atoms with E-state index in [1.54, 1.807) is 18.2 Å². The smallest absolute Gasteiger partial charge is 0.342 e. The van der Waals surface area contributed by atoms with Crippen molar-refractivity contribution in [3.63, 3.8) is 0 Å². The molecule has 0 bridgehead atoms. The number of carbonyl (C=O) groups is 1. The van der Waals surface area contributed by atoms with Crippen molar-refractivity contribution in [1.29, 1.82) is 0 Å². The van der Waals surface area contributed by atoms with Crippen LogP contribution >= 0.6 is 0 Å². The van der Waals surface area contributed by atoms with E-state index in [1.165, 1.54) is 7.11 Å². The van der Waals surface area contributed by atoms with Crippen LogP contribution in [-0.4, -0.2) is 13.1 Å². The number of rotatable bonds is 4. The van der Waals surface area contributed by atoms with Gasteiger partial charge in [-0.3, -0.25) is 0 Å². The van der Waals surface area contributed by atoms with Crippen LogP contribution in [0.1, 0.15) is 27.0 Å². The van der Waals surface area contributed by atoms with E-state index in [4.69, 9.17) is 15.2 Å². The maximum Gasteiger partial charge on any atom is 0.342 e. The van der Waals surface area contributed by atoms with Gasteiger partial charge in [-0.25, -0.2) is 4.79 Å². The van der Waals surface area contributed by atoms with Crippen molar-refractivity contribution >= 4 is 11.7 Å². The molecule has 0 radical (unpaired) electrons. The lowest BCUT2D eigenvalue weighted by Gasteiger charge is -2.12. The molecular formula is C17H19NO3. The van der Waals surface area contributed by atoms with Crippen LogP contribution in [0, 0.1) is 13.8 Å². The topological polar surface area (TPSA) is 61.5 Å². The van der Waals surface area contributed by atoms with Gasteiger partial charge in [-0.15, -0.1) is 0 Å². The Bertz CT molecular complexity index is 645. The molecule has 0 atom stereocenters. The molecule has 0 aliphatic rings. The SMILES string of the molecule is COc1ccc(N)cc1C(=O)OCc1c(C)cccc1C. The van der Waals surface area contributed by atoms with Crippen molar-refractivity contribution in [2.75, 3.05) is 12.8 Å². The molecule has 2 aromatic rings.